The molecule has 0 amide bonds. The number of hydrogen-bond donors (Lipinski definition) is 1. The maximum atomic E-state index is 11.8. The number of aromatic hydroxyl groups is 1. The van der Waals surface area contributed by atoms with Crippen LogP contribution in [0.3, 0.4) is 0 Å². The van der Waals surface area contributed by atoms with Gasteiger partial charge in [-0.2, -0.15) is 0 Å². The SMILES string of the molecule is CCc1c(O)sc2ccccc2c1=O. The summed E-state index contributed by atoms with van der Waals surface area (Å²) in [4.78, 5) is 11.8. The maximum Gasteiger partial charge on any atom is 0.194 e. The Kier molecular flexibility index (Phi) is 2.25. The van der Waals surface area contributed by atoms with Gasteiger partial charge in [0.25, 0.3) is 0 Å². The van der Waals surface area contributed by atoms with E-state index in [1.54, 1.807) is 6.07 Å². The molecule has 0 radical (unpaired) electrons. The van der Waals surface area contributed by atoms with Gasteiger partial charge in [-0.15, -0.1) is 0 Å². The molecule has 2 aromatic rings. The molecule has 1 aromatic heterocycles. The zero-order valence-corrected chi connectivity index (χ0v) is 8.60. The van der Waals surface area contributed by atoms with Crippen molar-refractivity contribution in [2.75, 3.05) is 0 Å². The summed E-state index contributed by atoms with van der Waals surface area (Å²) >= 11 is 1.26. The first-order chi connectivity index (χ1) is 6.74. The van der Waals surface area contributed by atoms with E-state index in [4.69, 9.17) is 0 Å². The average molecular weight is 206 g/mol. The van der Waals surface area contributed by atoms with Gasteiger partial charge >= 0.3 is 0 Å². The largest absolute Gasteiger partial charge is 0.499 e. The minimum atomic E-state index is -0.0423. The van der Waals surface area contributed by atoms with Crippen LogP contribution in [0.5, 0.6) is 5.06 Å². The molecule has 72 valence electrons. The van der Waals surface area contributed by atoms with E-state index in [2.05, 4.69) is 0 Å². The molecule has 0 aliphatic rings. The van der Waals surface area contributed by atoms with E-state index in [0.29, 0.717) is 17.4 Å². The van der Waals surface area contributed by atoms with Crippen LogP contribution >= 0.6 is 11.3 Å². The summed E-state index contributed by atoms with van der Waals surface area (Å²) in [6, 6.07) is 7.35. The summed E-state index contributed by atoms with van der Waals surface area (Å²) in [6.07, 6.45) is 0.575. The zero-order chi connectivity index (χ0) is 10.1. The highest BCUT2D eigenvalue weighted by Gasteiger charge is 2.08. The lowest BCUT2D eigenvalue weighted by Gasteiger charge is -2.01. The Hall–Kier alpha value is -1.35. The molecule has 0 bridgehead atoms. The highest BCUT2D eigenvalue weighted by atomic mass is 32.1. The molecule has 2 rings (SSSR count). The Labute approximate surface area is 85.4 Å². The van der Waals surface area contributed by atoms with Crippen LogP contribution in [-0.4, -0.2) is 5.11 Å². The Bertz CT molecular complexity index is 528. The van der Waals surface area contributed by atoms with E-state index in [1.807, 2.05) is 25.1 Å². The molecule has 1 N–H and O–H groups in total. The predicted octanol–water partition coefficient (Wildman–Crippen LogP) is 2.53. The molecule has 0 saturated heterocycles. The summed E-state index contributed by atoms with van der Waals surface area (Å²) in [6.45, 7) is 1.87. The van der Waals surface area contributed by atoms with Crippen LogP contribution in [0.1, 0.15) is 12.5 Å². The van der Waals surface area contributed by atoms with E-state index in [9.17, 15) is 9.90 Å². The fourth-order valence-electron chi connectivity index (χ4n) is 1.48. The first-order valence-electron chi connectivity index (χ1n) is 4.47. The van der Waals surface area contributed by atoms with Gasteiger partial charge in [0, 0.05) is 10.1 Å². The van der Waals surface area contributed by atoms with E-state index in [1.165, 1.54) is 11.3 Å². The highest BCUT2D eigenvalue weighted by molar-refractivity contribution is 7.20. The Balaban J connectivity index is 2.93. The highest BCUT2D eigenvalue weighted by Crippen LogP contribution is 2.27. The third-order valence-corrected chi connectivity index (χ3v) is 3.24. The first kappa shape index (κ1) is 9.21. The summed E-state index contributed by atoms with van der Waals surface area (Å²) < 4.78 is 0.840. The lowest BCUT2D eigenvalue weighted by atomic mass is 10.1. The molecule has 1 heterocycles. The van der Waals surface area contributed by atoms with Crippen LogP contribution in [0, 0.1) is 0 Å². The van der Waals surface area contributed by atoms with Gasteiger partial charge in [-0.3, -0.25) is 4.79 Å². The van der Waals surface area contributed by atoms with Gasteiger partial charge in [0.15, 0.2) is 10.5 Å². The van der Waals surface area contributed by atoms with Crippen LogP contribution < -0.4 is 5.43 Å². The third kappa shape index (κ3) is 1.30. The van der Waals surface area contributed by atoms with Gasteiger partial charge in [-0.25, -0.2) is 0 Å². The molecule has 3 heteroatoms. The lowest BCUT2D eigenvalue weighted by Crippen LogP contribution is -2.06. The number of hydrogen-bond acceptors (Lipinski definition) is 3. The van der Waals surface area contributed by atoms with Gasteiger partial charge in [-0.1, -0.05) is 30.4 Å². The molecule has 0 spiro atoms. The second kappa shape index (κ2) is 3.42. The van der Waals surface area contributed by atoms with Crippen molar-refractivity contribution in [2.45, 2.75) is 13.3 Å². The molecule has 14 heavy (non-hydrogen) atoms. The summed E-state index contributed by atoms with van der Waals surface area (Å²) in [5.41, 5.74) is 0.480. The van der Waals surface area contributed by atoms with Gasteiger partial charge in [0.1, 0.15) is 0 Å². The lowest BCUT2D eigenvalue weighted by molar-refractivity contribution is 0.483. The van der Waals surface area contributed by atoms with Crippen molar-refractivity contribution in [1.29, 1.82) is 0 Å². The third-order valence-electron chi connectivity index (χ3n) is 2.22. The fraction of sp³-hybridized carbons (Fsp3) is 0.182. The number of rotatable bonds is 1. The van der Waals surface area contributed by atoms with Crippen molar-refractivity contribution in [3.8, 4) is 5.06 Å². The summed E-state index contributed by atoms with van der Waals surface area (Å²) in [5.74, 6) is 0. The van der Waals surface area contributed by atoms with Crippen LogP contribution in [0.25, 0.3) is 10.1 Å². The molecule has 0 aliphatic heterocycles. The Morgan fingerprint density at radius 1 is 1.36 bits per heavy atom. The van der Waals surface area contributed by atoms with Crippen LogP contribution in [0.2, 0.25) is 0 Å². The summed E-state index contributed by atoms with van der Waals surface area (Å²) in [7, 11) is 0. The van der Waals surface area contributed by atoms with Crippen molar-refractivity contribution in [3.05, 3.63) is 40.1 Å². The molecular formula is C11H10O2S. The second-order valence-corrected chi connectivity index (χ2v) is 4.10. The molecule has 2 nitrogen and oxygen atoms in total. The molecular weight excluding hydrogens is 196 g/mol. The standard InChI is InChI=1S/C11H10O2S/c1-2-7-10(12)8-5-3-4-6-9(8)14-11(7)13/h3-6,13H,2H2,1H3. The van der Waals surface area contributed by atoms with Crippen LogP contribution in [-0.2, 0) is 6.42 Å². The minimum absolute atomic E-state index is 0.0423. The normalized spacial score (nSPS) is 10.6. The fourth-order valence-corrected chi connectivity index (χ4v) is 2.47. The first-order valence-corrected chi connectivity index (χ1v) is 5.29. The Morgan fingerprint density at radius 3 is 2.79 bits per heavy atom. The van der Waals surface area contributed by atoms with Gasteiger partial charge in [0.05, 0.1) is 5.56 Å². The van der Waals surface area contributed by atoms with Gasteiger partial charge < -0.3 is 5.11 Å². The maximum absolute atomic E-state index is 11.8. The number of fused-ring (bicyclic) bond motifs is 1. The zero-order valence-electron chi connectivity index (χ0n) is 7.78. The minimum Gasteiger partial charge on any atom is -0.499 e. The monoisotopic (exact) mass is 206 g/mol. The number of benzene rings is 1. The summed E-state index contributed by atoms with van der Waals surface area (Å²) in [5, 5.41) is 10.5. The van der Waals surface area contributed by atoms with Crippen molar-refractivity contribution >= 4 is 21.4 Å². The second-order valence-electron chi connectivity index (χ2n) is 3.06. The van der Waals surface area contributed by atoms with E-state index >= 15 is 0 Å². The molecule has 0 fully saturated rings. The molecule has 0 saturated carbocycles. The van der Waals surface area contributed by atoms with Crippen molar-refractivity contribution < 1.29 is 5.11 Å². The molecule has 1 aromatic carbocycles. The van der Waals surface area contributed by atoms with E-state index < -0.39 is 0 Å². The van der Waals surface area contributed by atoms with Crippen LogP contribution in [0.15, 0.2) is 29.1 Å². The van der Waals surface area contributed by atoms with Crippen molar-refractivity contribution in [2.24, 2.45) is 0 Å². The van der Waals surface area contributed by atoms with Gasteiger partial charge in [0.2, 0.25) is 0 Å². The Morgan fingerprint density at radius 2 is 2.07 bits per heavy atom. The van der Waals surface area contributed by atoms with Crippen molar-refractivity contribution in [3.63, 3.8) is 0 Å². The van der Waals surface area contributed by atoms with Gasteiger partial charge in [-0.05, 0) is 18.6 Å². The quantitative estimate of drug-likeness (QED) is 0.778. The van der Waals surface area contributed by atoms with E-state index in [0.717, 1.165) is 4.70 Å². The molecule has 0 unspecified atom stereocenters. The van der Waals surface area contributed by atoms with Crippen molar-refractivity contribution in [1.82, 2.24) is 0 Å². The average Bonchev–Trinajstić information content (AvgIpc) is 2.18. The smallest absolute Gasteiger partial charge is 0.194 e. The van der Waals surface area contributed by atoms with Crippen LogP contribution in [0.4, 0.5) is 0 Å². The topological polar surface area (TPSA) is 37.3 Å². The molecule has 0 aliphatic carbocycles. The predicted molar refractivity (Wildman–Crippen MR) is 59.1 cm³/mol. The molecule has 0 atom stereocenters. The van der Waals surface area contributed by atoms with E-state index in [-0.39, 0.29) is 10.5 Å².